The molecule has 0 saturated heterocycles. The molecule has 0 fully saturated rings. The highest BCUT2D eigenvalue weighted by Gasteiger charge is 2.47. The van der Waals surface area contributed by atoms with E-state index in [4.69, 9.17) is 4.84 Å². The van der Waals surface area contributed by atoms with E-state index in [0.29, 0.717) is 15.8 Å². The molecule has 1 aromatic rings. The van der Waals surface area contributed by atoms with Crippen LogP contribution in [0.3, 0.4) is 0 Å². The van der Waals surface area contributed by atoms with Crippen molar-refractivity contribution in [3.8, 4) is 0 Å². The zero-order chi connectivity index (χ0) is 16.5. The minimum atomic E-state index is -0.266. The molecule has 0 spiro atoms. The molecule has 1 heterocycles. The molecule has 3 atom stereocenters. The van der Waals surface area contributed by atoms with Gasteiger partial charge < -0.3 is 4.84 Å². The second kappa shape index (κ2) is 6.77. The third-order valence-corrected chi connectivity index (χ3v) is 6.24. The molecule has 3 unspecified atom stereocenters. The first-order chi connectivity index (χ1) is 10.3. The highest BCUT2D eigenvalue weighted by atomic mass is 127. The summed E-state index contributed by atoms with van der Waals surface area (Å²) in [6.07, 6.45) is 2.28. The summed E-state index contributed by atoms with van der Waals surface area (Å²) in [5.74, 6) is 0.614. The van der Waals surface area contributed by atoms with E-state index in [1.807, 2.05) is 17.2 Å². The third-order valence-electron chi connectivity index (χ3n) is 4.85. The first-order valence-corrected chi connectivity index (χ1v) is 9.25. The zero-order valence-corrected chi connectivity index (χ0v) is 16.3. The molecule has 4 heteroatoms. The average molecular weight is 415 g/mol. The summed E-state index contributed by atoms with van der Waals surface area (Å²) in [4.78, 5) is 17.2. The summed E-state index contributed by atoms with van der Waals surface area (Å²) in [6, 6.07) is 8.28. The van der Waals surface area contributed by atoms with Crippen molar-refractivity contribution < 1.29 is 9.63 Å². The van der Waals surface area contributed by atoms with Gasteiger partial charge in [-0.05, 0) is 50.2 Å². The molecular weight excluding hydrogens is 389 g/mol. The van der Waals surface area contributed by atoms with E-state index < -0.39 is 0 Å². The van der Waals surface area contributed by atoms with Gasteiger partial charge in [-0.15, -0.1) is 0 Å². The van der Waals surface area contributed by atoms with Crippen molar-refractivity contribution in [2.75, 3.05) is 5.06 Å². The van der Waals surface area contributed by atoms with Gasteiger partial charge in [-0.25, -0.2) is 5.06 Å². The SMILES string of the molecule is CCC(I)CC1C(C)c2ccccc2N(OC(C)=O)C1(C)C. The fourth-order valence-corrected chi connectivity index (χ4v) is 4.13. The lowest BCUT2D eigenvalue weighted by atomic mass is 9.69. The lowest BCUT2D eigenvalue weighted by Gasteiger charge is -2.51. The van der Waals surface area contributed by atoms with Gasteiger partial charge in [0.1, 0.15) is 0 Å². The molecule has 0 radical (unpaired) electrons. The first kappa shape index (κ1) is 17.6. The lowest BCUT2D eigenvalue weighted by molar-refractivity contribution is -0.146. The standard InChI is InChI=1S/C18H26INO2/c1-6-14(19)11-16-12(2)15-9-7-8-10-17(15)20(18(16,4)5)22-13(3)21/h7-10,12,14,16H,6,11H2,1-5H3. The normalized spacial score (nSPS) is 24.5. The van der Waals surface area contributed by atoms with Crippen LogP contribution in [0.5, 0.6) is 0 Å². The predicted octanol–water partition coefficient (Wildman–Crippen LogP) is 5.09. The van der Waals surface area contributed by atoms with Crippen LogP contribution in [0.2, 0.25) is 0 Å². The Morgan fingerprint density at radius 2 is 2.05 bits per heavy atom. The molecule has 0 amide bonds. The summed E-state index contributed by atoms with van der Waals surface area (Å²) in [6.45, 7) is 10.4. The molecule has 2 rings (SSSR count). The van der Waals surface area contributed by atoms with E-state index in [2.05, 4.69) is 62.4 Å². The van der Waals surface area contributed by atoms with Crippen LogP contribution in [-0.4, -0.2) is 15.4 Å². The fraction of sp³-hybridized carbons (Fsp3) is 0.611. The second-order valence-electron chi connectivity index (χ2n) is 6.73. The minimum Gasteiger partial charge on any atom is -0.341 e. The number of anilines is 1. The van der Waals surface area contributed by atoms with Gasteiger partial charge in [-0.3, -0.25) is 4.79 Å². The number of hydroxylamine groups is 1. The molecular formula is C18H26INO2. The van der Waals surface area contributed by atoms with Gasteiger partial charge in [0.2, 0.25) is 0 Å². The van der Waals surface area contributed by atoms with E-state index in [1.165, 1.54) is 12.5 Å². The summed E-state index contributed by atoms with van der Waals surface area (Å²) in [5, 5.41) is 1.84. The van der Waals surface area contributed by atoms with Crippen LogP contribution in [0, 0.1) is 5.92 Å². The Morgan fingerprint density at radius 1 is 1.41 bits per heavy atom. The first-order valence-electron chi connectivity index (χ1n) is 8.00. The molecule has 0 bridgehead atoms. The molecule has 0 saturated carbocycles. The number of para-hydroxylation sites is 1. The van der Waals surface area contributed by atoms with Crippen LogP contribution in [-0.2, 0) is 9.63 Å². The number of benzene rings is 1. The van der Waals surface area contributed by atoms with Crippen molar-refractivity contribution in [1.29, 1.82) is 0 Å². The Kier molecular flexibility index (Phi) is 5.41. The molecule has 0 aliphatic carbocycles. The van der Waals surface area contributed by atoms with Crippen molar-refractivity contribution in [3.63, 3.8) is 0 Å². The molecule has 22 heavy (non-hydrogen) atoms. The van der Waals surface area contributed by atoms with Gasteiger partial charge in [0.15, 0.2) is 0 Å². The van der Waals surface area contributed by atoms with Crippen molar-refractivity contribution in [1.82, 2.24) is 0 Å². The molecule has 1 aliphatic heterocycles. The van der Waals surface area contributed by atoms with Crippen molar-refractivity contribution >= 4 is 34.2 Å². The van der Waals surface area contributed by atoms with Crippen molar-refractivity contribution in [3.05, 3.63) is 29.8 Å². The maximum absolute atomic E-state index is 11.6. The second-order valence-corrected chi connectivity index (χ2v) is 8.49. The van der Waals surface area contributed by atoms with Gasteiger partial charge >= 0.3 is 5.97 Å². The molecule has 1 aliphatic rings. The quantitative estimate of drug-likeness (QED) is 0.507. The minimum absolute atomic E-state index is 0.224. The molecule has 3 nitrogen and oxygen atoms in total. The Labute approximate surface area is 147 Å². The predicted molar refractivity (Wildman–Crippen MR) is 99.4 cm³/mol. The Balaban J connectivity index is 2.48. The smallest absolute Gasteiger partial charge is 0.329 e. The van der Waals surface area contributed by atoms with E-state index in [9.17, 15) is 4.79 Å². The fourth-order valence-electron chi connectivity index (χ4n) is 3.58. The van der Waals surface area contributed by atoms with Crippen LogP contribution in [0.1, 0.15) is 58.9 Å². The van der Waals surface area contributed by atoms with Crippen LogP contribution >= 0.6 is 22.6 Å². The lowest BCUT2D eigenvalue weighted by Crippen LogP contribution is -2.55. The maximum atomic E-state index is 11.6. The zero-order valence-electron chi connectivity index (χ0n) is 14.1. The Hall–Kier alpha value is -0.780. The molecule has 0 N–H and O–H groups in total. The molecule has 0 aromatic heterocycles. The van der Waals surface area contributed by atoms with Crippen LogP contribution in [0.15, 0.2) is 24.3 Å². The number of fused-ring (bicyclic) bond motifs is 1. The summed E-state index contributed by atoms with van der Waals surface area (Å²) in [5.41, 5.74) is 2.07. The van der Waals surface area contributed by atoms with E-state index in [0.717, 1.165) is 18.5 Å². The molecule has 1 aromatic carbocycles. The number of hydrogen-bond acceptors (Lipinski definition) is 3. The van der Waals surface area contributed by atoms with Gasteiger partial charge in [0, 0.05) is 10.8 Å². The van der Waals surface area contributed by atoms with E-state index in [1.54, 1.807) is 0 Å². The third kappa shape index (κ3) is 3.26. The monoisotopic (exact) mass is 415 g/mol. The van der Waals surface area contributed by atoms with Crippen LogP contribution < -0.4 is 5.06 Å². The maximum Gasteiger partial charge on any atom is 0.329 e. The topological polar surface area (TPSA) is 29.5 Å². The van der Waals surface area contributed by atoms with Crippen molar-refractivity contribution in [2.45, 2.75) is 62.8 Å². The highest BCUT2D eigenvalue weighted by Crippen LogP contribution is 2.49. The van der Waals surface area contributed by atoms with Gasteiger partial charge in [-0.2, -0.15) is 0 Å². The van der Waals surface area contributed by atoms with Gasteiger partial charge in [0.05, 0.1) is 11.2 Å². The number of alkyl halides is 1. The molecule has 122 valence electrons. The number of carbonyl (C=O) groups excluding carboxylic acids is 1. The number of carbonyl (C=O) groups is 1. The van der Waals surface area contributed by atoms with Gasteiger partial charge in [-0.1, -0.05) is 54.6 Å². The van der Waals surface area contributed by atoms with Crippen LogP contribution in [0.4, 0.5) is 5.69 Å². The van der Waals surface area contributed by atoms with Crippen molar-refractivity contribution in [2.24, 2.45) is 5.92 Å². The highest BCUT2D eigenvalue weighted by molar-refractivity contribution is 14.1. The largest absolute Gasteiger partial charge is 0.341 e. The van der Waals surface area contributed by atoms with E-state index >= 15 is 0 Å². The Bertz CT molecular complexity index is 544. The summed E-state index contributed by atoms with van der Waals surface area (Å²) < 4.78 is 0.633. The number of nitrogens with zero attached hydrogens (tertiary/aromatic N) is 1. The van der Waals surface area contributed by atoms with E-state index in [-0.39, 0.29) is 11.5 Å². The van der Waals surface area contributed by atoms with Crippen LogP contribution in [0.25, 0.3) is 0 Å². The number of rotatable bonds is 4. The number of hydrogen-bond donors (Lipinski definition) is 0. The van der Waals surface area contributed by atoms with Gasteiger partial charge in [0.25, 0.3) is 0 Å². The number of halogens is 1. The summed E-state index contributed by atoms with van der Waals surface area (Å²) in [7, 11) is 0. The summed E-state index contributed by atoms with van der Waals surface area (Å²) >= 11 is 2.54. The Morgan fingerprint density at radius 3 is 2.64 bits per heavy atom. The average Bonchev–Trinajstić information content (AvgIpc) is 2.47.